The maximum absolute atomic E-state index is 12.0. The summed E-state index contributed by atoms with van der Waals surface area (Å²) in [5, 5.41) is 12.1. The number of aliphatic imine (C=N–C) groups is 1. The summed E-state index contributed by atoms with van der Waals surface area (Å²) < 4.78 is 10.8. The number of nitrogens with zero attached hydrogens (tertiary/aromatic N) is 1. The van der Waals surface area contributed by atoms with Gasteiger partial charge in [-0.2, -0.15) is 0 Å². The Morgan fingerprint density at radius 1 is 1.16 bits per heavy atom. The van der Waals surface area contributed by atoms with Crippen molar-refractivity contribution in [1.82, 2.24) is 16.0 Å². The molecule has 3 rings (SSSR count). The molecule has 1 fully saturated rings. The molecule has 0 spiro atoms. The van der Waals surface area contributed by atoms with Crippen LogP contribution in [-0.2, 0) is 17.7 Å². The van der Waals surface area contributed by atoms with Crippen LogP contribution in [0.4, 0.5) is 4.79 Å². The van der Waals surface area contributed by atoms with Gasteiger partial charge in [0.2, 0.25) is 0 Å². The highest BCUT2D eigenvalue weighted by molar-refractivity contribution is 14.0. The van der Waals surface area contributed by atoms with Gasteiger partial charge in [0.1, 0.15) is 11.4 Å². The molecule has 0 radical (unpaired) electrons. The molecule has 32 heavy (non-hydrogen) atoms. The second kappa shape index (κ2) is 13.1. The summed E-state index contributed by atoms with van der Waals surface area (Å²) >= 11 is 1.71. The predicted octanol–water partition coefficient (Wildman–Crippen LogP) is 5.07. The van der Waals surface area contributed by atoms with E-state index in [1.807, 2.05) is 39.0 Å². The van der Waals surface area contributed by atoms with Crippen LogP contribution in [0.1, 0.15) is 57.1 Å². The van der Waals surface area contributed by atoms with Crippen LogP contribution in [0.2, 0.25) is 0 Å². The molecule has 0 bridgehead atoms. The molecule has 178 valence electrons. The van der Waals surface area contributed by atoms with Crippen molar-refractivity contribution in [3.63, 3.8) is 0 Å². The first-order chi connectivity index (χ1) is 14.9. The number of rotatable bonds is 7. The van der Waals surface area contributed by atoms with E-state index >= 15 is 0 Å². The van der Waals surface area contributed by atoms with E-state index in [1.165, 1.54) is 4.88 Å². The SMILES string of the molecule is CC(C)(C)OC(=O)NC1CCC(NC(=NCc2cccs2)NCCc2ccco2)CC1.I. The van der Waals surface area contributed by atoms with E-state index in [4.69, 9.17) is 14.1 Å². The van der Waals surface area contributed by atoms with E-state index in [0.29, 0.717) is 12.6 Å². The summed E-state index contributed by atoms with van der Waals surface area (Å²) in [6, 6.07) is 8.52. The molecule has 0 atom stereocenters. The van der Waals surface area contributed by atoms with E-state index in [2.05, 4.69) is 27.4 Å². The molecule has 9 heteroatoms. The number of guanidine groups is 1. The lowest BCUT2D eigenvalue weighted by molar-refractivity contribution is 0.0490. The molecule has 7 nitrogen and oxygen atoms in total. The van der Waals surface area contributed by atoms with Crippen molar-refractivity contribution < 1.29 is 13.9 Å². The van der Waals surface area contributed by atoms with Crippen LogP contribution in [0, 0.1) is 0 Å². The molecule has 0 aromatic carbocycles. The number of hydrogen-bond acceptors (Lipinski definition) is 5. The number of halogens is 1. The van der Waals surface area contributed by atoms with Crippen molar-refractivity contribution in [2.75, 3.05) is 6.54 Å². The van der Waals surface area contributed by atoms with Crippen molar-refractivity contribution in [3.8, 4) is 0 Å². The molecule has 0 aliphatic heterocycles. The van der Waals surface area contributed by atoms with Gasteiger partial charge >= 0.3 is 6.09 Å². The van der Waals surface area contributed by atoms with Crippen LogP contribution < -0.4 is 16.0 Å². The predicted molar refractivity (Wildman–Crippen MR) is 140 cm³/mol. The third-order valence-electron chi connectivity index (χ3n) is 5.01. The average Bonchev–Trinajstić information content (AvgIpc) is 3.40. The van der Waals surface area contributed by atoms with Crippen LogP contribution in [0.5, 0.6) is 0 Å². The van der Waals surface area contributed by atoms with Gasteiger partial charge in [-0.1, -0.05) is 6.07 Å². The monoisotopic (exact) mass is 574 g/mol. The fourth-order valence-electron chi connectivity index (χ4n) is 3.52. The molecular weight excluding hydrogens is 539 g/mol. The zero-order valence-electron chi connectivity index (χ0n) is 19.1. The number of hydrogen-bond donors (Lipinski definition) is 3. The Kier molecular flexibility index (Phi) is 10.8. The lowest BCUT2D eigenvalue weighted by Gasteiger charge is -2.31. The number of thiophene rings is 1. The molecule has 1 saturated carbocycles. The third-order valence-corrected chi connectivity index (χ3v) is 5.87. The number of amides is 1. The first-order valence-corrected chi connectivity index (χ1v) is 11.8. The minimum absolute atomic E-state index is 0. The quantitative estimate of drug-likeness (QED) is 0.244. The Bertz CT molecular complexity index is 811. The van der Waals surface area contributed by atoms with Crippen LogP contribution in [0.25, 0.3) is 0 Å². The molecule has 3 N–H and O–H groups in total. The van der Waals surface area contributed by atoms with E-state index in [-0.39, 0.29) is 36.1 Å². The number of alkyl carbamates (subject to hydrolysis) is 1. The Balaban J connectivity index is 0.00000363. The normalized spacial score (nSPS) is 19.0. The van der Waals surface area contributed by atoms with Gasteiger partial charge in [0.25, 0.3) is 0 Å². The smallest absolute Gasteiger partial charge is 0.407 e. The first-order valence-electron chi connectivity index (χ1n) is 11.0. The highest BCUT2D eigenvalue weighted by Gasteiger charge is 2.25. The van der Waals surface area contributed by atoms with Gasteiger partial charge in [-0.25, -0.2) is 9.79 Å². The summed E-state index contributed by atoms with van der Waals surface area (Å²) in [7, 11) is 0. The topological polar surface area (TPSA) is 87.9 Å². The zero-order valence-corrected chi connectivity index (χ0v) is 22.2. The molecule has 2 aromatic rings. The van der Waals surface area contributed by atoms with Gasteiger partial charge in [0.15, 0.2) is 5.96 Å². The maximum atomic E-state index is 12.0. The van der Waals surface area contributed by atoms with Crippen LogP contribution >= 0.6 is 35.3 Å². The molecular formula is C23H35IN4O3S. The molecule has 2 aromatic heterocycles. The summed E-state index contributed by atoms with van der Waals surface area (Å²) in [6.07, 6.45) is 5.95. The number of nitrogens with one attached hydrogen (secondary N) is 3. The fraction of sp³-hybridized carbons (Fsp3) is 0.565. The molecule has 0 saturated heterocycles. The van der Waals surface area contributed by atoms with Crippen molar-refractivity contribution in [2.24, 2.45) is 4.99 Å². The van der Waals surface area contributed by atoms with E-state index in [1.54, 1.807) is 17.6 Å². The van der Waals surface area contributed by atoms with Crippen LogP contribution in [0.3, 0.4) is 0 Å². The summed E-state index contributed by atoms with van der Waals surface area (Å²) in [4.78, 5) is 18.0. The second-order valence-corrected chi connectivity index (χ2v) is 9.87. The Hall–Kier alpha value is -1.75. The minimum atomic E-state index is -0.474. The molecule has 1 aliphatic rings. The lowest BCUT2D eigenvalue weighted by Crippen LogP contribution is -2.48. The van der Waals surface area contributed by atoms with Crippen LogP contribution in [-0.4, -0.2) is 36.3 Å². The number of carbonyl (C=O) groups is 1. The van der Waals surface area contributed by atoms with Gasteiger partial charge < -0.3 is 25.1 Å². The fourth-order valence-corrected chi connectivity index (χ4v) is 4.15. The van der Waals surface area contributed by atoms with Crippen molar-refractivity contribution in [1.29, 1.82) is 0 Å². The summed E-state index contributed by atoms with van der Waals surface area (Å²) in [6.45, 7) is 7.04. The zero-order chi connectivity index (χ0) is 22.1. The summed E-state index contributed by atoms with van der Waals surface area (Å²) in [5.41, 5.74) is -0.474. The van der Waals surface area contributed by atoms with Crippen molar-refractivity contribution in [2.45, 2.75) is 77.1 Å². The first kappa shape index (κ1) is 26.5. The Morgan fingerprint density at radius 3 is 2.47 bits per heavy atom. The summed E-state index contributed by atoms with van der Waals surface area (Å²) in [5.74, 6) is 1.78. The van der Waals surface area contributed by atoms with Gasteiger partial charge in [-0.05, 0) is 70.0 Å². The molecule has 1 amide bonds. The van der Waals surface area contributed by atoms with Crippen molar-refractivity contribution >= 4 is 47.4 Å². The van der Waals surface area contributed by atoms with Crippen LogP contribution in [0.15, 0.2) is 45.3 Å². The number of furan rings is 1. The number of ether oxygens (including phenoxy) is 1. The van der Waals surface area contributed by atoms with Gasteiger partial charge in [-0.15, -0.1) is 35.3 Å². The Morgan fingerprint density at radius 2 is 1.88 bits per heavy atom. The maximum Gasteiger partial charge on any atom is 0.407 e. The van der Waals surface area contributed by atoms with Gasteiger partial charge in [0.05, 0.1) is 12.8 Å². The van der Waals surface area contributed by atoms with Gasteiger partial charge in [-0.3, -0.25) is 0 Å². The van der Waals surface area contributed by atoms with E-state index < -0.39 is 5.60 Å². The largest absolute Gasteiger partial charge is 0.469 e. The highest BCUT2D eigenvalue weighted by Crippen LogP contribution is 2.19. The highest BCUT2D eigenvalue weighted by atomic mass is 127. The van der Waals surface area contributed by atoms with Gasteiger partial charge in [0, 0.05) is 29.9 Å². The minimum Gasteiger partial charge on any atom is -0.469 e. The van der Waals surface area contributed by atoms with E-state index in [9.17, 15) is 4.79 Å². The Labute approximate surface area is 211 Å². The molecule has 2 heterocycles. The number of carbonyl (C=O) groups excluding carboxylic acids is 1. The second-order valence-electron chi connectivity index (χ2n) is 8.84. The third kappa shape index (κ3) is 9.81. The van der Waals surface area contributed by atoms with E-state index in [0.717, 1.165) is 50.4 Å². The standard InChI is InChI=1S/C23H34N4O3S.HI/c1-23(2,3)30-22(28)27-18-10-8-17(9-11-18)26-21(25-16-20-7-5-15-31-20)24-13-12-19-6-4-14-29-19;/h4-7,14-15,17-18H,8-13,16H2,1-3H3,(H,27,28)(H2,24,25,26);1H. The average molecular weight is 575 g/mol. The lowest BCUT2D eigenvalue weighted by atomic mass is 9.91. The molecule has 1 aliphatic carbocycles. The van der Waals surface area contributed by atoms with Crippen molar-refractivity contribution in [3.05, 3.63) is 46.5 Å². The molecule has 0 unspecified atom stereocenters.